The highest BCUT2D eigenvalue weighted by atomic mass is 127. The van der Waals surface area contributed by atoms with E-state index in [2.05, 4.69) is 30.8 Å². The van der Waals surface area contributed by atoms with Gasteiger partial charge in [-0.05, 0) is 151 Å². The van der Waals surface area contributed by atoms with Crippen molar-refractivity contribution in [3.8, 4) is 20.9 Å². The van der Waals surface area contributed by atoms with Gasteiger partial charge in [-0.2, -0.15) is 0 Å². The van der Waals surface area contributed by atoms with Crippen LogP contribution in [0.1, 0.15) is 117 Å². The maximum absolute atomic E-state index is 13.8. The van der Waals surface area contributed by atoms with Crippen LogP contribution in [-0.4, -0.2) is 84.7 Å². The largest absolute Gasteiger partial charge is 0.462 e. The Morgan fingerprint density at radius 1 is 0.550 bits per heavy atom. The number of ketones is 2. The number of benzene rings is 4. The number of para-hydroxylation sites is 2. The summed E-state index contributed by atoms with van der Waals surface area (Å²) in [5.41, 5.74) is 9.52. The fourth-order valence-corrected chi connectivity index (χ4v) is 12.8. The molecular formula is C63H59BrIN5O8S2. The lowest BCUT2D eigenvalue weighted by Gasteiger charge is -2.23. The Morgan fingerprint density at radius 3 is 1.45 bits per heavy atom. The van der Waals surface area contributed by atoms with Gasteiger partial charge in [0.05, 0.1) is 35.7 Å². The Balaban J connectivity index is 0.000000206. The van der Waals surface area contributed by atoms with Gasteiger partial charge in [0.1, 0.15) is 20.2 Å². The third-order valence-corrected chi connectivity index (χ3v) is 16.8. The molecule has 4 aromatic heterocycles. The molecule has 0 atom stereocenters. The molecule has 13 nitrogen and oxygen atoms in total. The van der Waals surface area contributed by atoms with E-state index < -0.39 is 0 Å². The van der Waals surface area contributed by atoms with E-state index in [0.29, 0.717) is 75.8 Å². The first kappa shape index (κ1) is 58.9. The minimum absolute atomic E-state index is 0. The van der Waals surface area contributed by atoms with Crippen LogP contribution in [0.15, 0.2) is 150 Å². The number of fused-ring (bicyclic) bond motifs is 6. The summed E-state index contributed by atoms with van der Waals surface area (Å²) in [4.78, 5) is 95.5. The number of ether oxygens (including phenoxy) is 2. The monoisotopic (exact) mass is 1280 g/mol. The summed E-state index contributed by atoms with van der Waals surface area (Å²) in [6.07, 6.45) is 7.31. The summed E-state index contributed by atoms with van der Waals surface area (Å²) in [6.45, 7) is 7.07. The number of esters is 2. The highest BCUT2D eigenvalue weighted by Crippen LogP contribution is 2.44. The van der Waals surface area contributed by atoms with Crippen LogP contribution in [0.2, 0.25) is 0 Å². The molecule has 11 rings (SSSR count). The van der Waals surface area contributed by atoms with Crippen molar-refractivity contribution in [1.82, 2.24) is 9.97 Å². The van der Waals surface area contributed by atoms with Gasteiger partial charge >= 0.3 is 11.9 Å². The number of carbonyl (C=O) groups excluding carboxylic acids is 6. The highest BCUT2D eigenvalue weighted by molar-refractivity contribution is 14.0. The average molecular weight is 1290 g/mol. The predicted octanol–water partition coefficient (Wildman–Crippen LogP) is 13.8. The summed E-state index contributed by atoms with van der Waals surface area (Å²) < 4.78 is 10.9. The van der Waals surface area contributed by atoms with Gasteiger partial charge in [0.15, 0.2) is 11.6 Å². The molecule has 4 aromatic carbocycles. The minimum Gasteiger partial charge on any atom is -0.462 e. The average Bonchev–Trinajstić information content (AvgIpc) is 4.26. The van der Waals surface area contributed by atoms with Crippen molar-refractivity contribution in [2.24, 2.45) is 0 Å². The summed E-state index contributed by atoms with van der Waals surface area (Å²) in [7, 11) is 0. The van der Waals surface area contributed by atoms with Crippen LogP contribution in [-0.2, 0) is 35.2 Å². The van der Waals surface area contributed by atoms with E-state index in [1.807, 2.05) is 102 Å². The topological polar surface area (TPSA) is 156 Å². The molecular weight excluding hydrogens is 1230 g/mol. The molecule has 17 heteroatoms. The maximum Gasteiger partial charge on any atom is 0.348 e. The Hall–Kier alpha value is -7.19. The molecule has 3 aliphatic rings. The first-order valence-electron chi connectivity index (χ1n) is 26.0. The van der Waals surface area contributed by atoms with Gasteiger partial charge in [-0.15, -0.1) is 46.7 Å². The lowest BCUT2D eigenvalue weighted by atomic mass is 10.0. The second-order valence-corrected chi connectivity index (χ2v) is 21.7. The van der Waals surface area contributed by atoms with Gasteiger partial charge < -0.3 is 24.2 Å². The maximum atomic E-state index is 13.8. The van der Waals surface area contributed by atoms with Crippen molar-refractivity contribution in [2.45, 2.75) is 59.8 Å². The summed E-state index contributed by atoms with van der Waals surface area (Å²) in [6, 6.07) is 41.0. The van der Waals surface area contributed by atoms with E-state index in [1.165, 1.54) is 22.7 Å². The van der Waals surface area contributed by atoms with Gasteiger partial charge in [0.2, 0.25) is 0 Å². The number of pyridine rings is 2. The third kappa shape index (κ3) is 12.9. The standard InChI is InChI=1S/C33H31N3O4S.C29H23BrN2O4S.CH4.HI/c1-2-40-33(39)29-21-24-15-19-36(27-10-4-3-8-25(27)30(24)41-29)32(38)23-13-11-22(12-14-23)20-28(37)26-9-7-16-34-31(26)35-17-5-6-18-35;1-2-36-29(35)25-17-20-13-15-32(23-8-4-3-6-21(23)26(20)37-25)28(34)19-11-9-18(10-12-19)16-24(33)22-7-5-14-31-27(22)30;;/h3-4,7-14,16,21H,2,5-6,15,17-20H2,1H3;3-12,14,17H,2,13,15-16H2,1H3;1H4;1H. The molecule has 0 bridgehead atoms. The van der Waals surface area contributed by atoms with Crippen molar-refractivity contribution >= 4 is 115 Å². The first-order chi connectivity index (χ1) is 38.0. The molecule has 0 N–H and O–H groups in total. The number of rotatable bonds is 13. The highest BCUT2D eigenvalue weighted by Gasteiger charge is 2.30. The number of amides is 2. The normalized spacial score (nSPS) is 13.0. The van der Waals surface area contributed by atoms with Gasteiger partial charge in [0.25, 0.3) is 11.8 Å². The van der Waals surface area contributed by atoms with Crippen molar-refractivity contribution in [3.63, 3.8) is 0 Å². The van der Waals surface area contributed by atoms with E-state index in [9.17, 15) is 28.8 Å². The molecule has 0 aliphatic carbocycles. The predicted molar refractivity (Wildman–Crippen MR) is 331 cm³/mol. The zero-order valence-corrected chi connectivity index (χ0v) is 49.0. The summed E-state index contributed by atoms with van der Waals surface area (Å²) in [5.74, 6) is -0.0984. The van der Waals surface area contributed by atoms with E-state index in [1.54, 1.807) is 67.5 Å². The van der Waals surface area contributed by atoms with E-state index >= 15 is 0 Å². The zero-order valence-electron chi connectivity index (χ0n) is 43.4. The Bertz CT molecular complexity index is 3580. The smallest absolute Gasteiger partial charge is 0.348 e. The fraction of sp³-hybridized carbons (Fsp3) is 0.238. The van der Waals surface area contributed by atoms with Crippen LogP contribution < -0.4 is 14.7 Å². The number of carbonyl (C=O) groups is 6. The molecule has 7 heterocycles. The van der Waals surface area contributed by atoms with Gasteiger partial charge in [-0.3, -0.25) is 19.2 Å². The molecule has 0 saturated carbocycles. The van der Waals surface area contributed by atoms with Crippen LogP contribution in [0, 0.1) is 0 Å². The third-order valence-electron chi connectivity index (χ3n) is 13.8. The van der Waals surface area contributed by atoms with Gasteiger partial charge in [-0.1, -0.05) is 68.1 Å². The van der Waals surface area contributed by atoms with Crippen molar-refractivity contribution < 1.29 is 38.2 Å². The van der Waals surface area contributed by atoms with E-state index in [-0.39, 0.29) is 79.6 Å². The number of nitrogens with zero attached hydrogens (tertiary/aromatic N) is 5. The SMILES string of the molecule is C.CCOC(=O)c1cc2c(s1)-c1ccccc1N(C(=O)c1ccc(CC(=O)c3cccnc3Br)cc1)CC2.CCOC(=O)c1cc2c(s1)-c1ccccc1N(C(=O)c1ccc(CC(=O)c3cccnc3N3CCCC3)cc1)CC2.I. The minimum atomic E-state index is -0.319. The molecule has 0 spiro atoms. The van der Waals surface area contributed by atoms with Crippen molar-refractivity contribution in [3.05, 3.63) is 205 Å². The fourth-order valence-electron chi connectivity index (χ4n) is 10.0. The number of aromatic nitrogens is 2. The van der Waals surface area contributed by atoms with Gasteiger partial charge in [-0.25, -0.2) is 19.6 Å². The lowest BCUT2D eigenvalue weighted by molar-refractivity contribution is 0.0522. The molecule has 80 heavy (non-hydrogen) atoms. The lowest BCUT2D eigenvalue weighted by Crippen LogP contribution is -2.32. The number of halogens is 2. The molecule has 2 amide bonds. The summed E-state index contributed by atoms with van der Waals surface area (Å²) in [5, 5.41) is 0. The number of hydrogen-bond donors (Lipinski definition) is 0. The number of anilines is 3. The van der Waals surface area contributed by atoms with Crippen LogP contribution >= 0.6 is 62.6 Å². The van der Waals surface area contributed by atoms with Gasteiger partial charge in [0, 0.05) is 83.4 Å². The molecule has 1 fully saturated rings. The second-order valence-electron chi connectivity index (χ2n) is 18.8. The summed E-state index contributed by atoms with van der Waals surface area (Å²) >= 11 is 6.14. The van der Waals surface area contributed by atoms with E-state index in [4.69, 9.17) is 9.47 Å². The number of Topliss-reactive ketones (excluding diaryl/α,β-unsaturated/α-hetero) is 2. The van der Waals surface area contributed by atoms with Crippen LogP contribution in [0.3, 0.4) is 0 Å². The Morgan fingerprint density at radius 2 is 0.988 bits per heavy atom. The Kier molecular flexibility index (Phi) is 19.8. The number of hydrogen-bond acceptors (Lipinski definition) is 13. The Labute approximate surface area is 499 Å². The van der Waals surface area contributed by atoms with Crippen LogP contribution in [0.4, 0.5) is 17.2 Å². The molecule has 410 valence electrons. The van der Waals surface area contributed by atoms with Crippen molar-refractivity contribution in [2.75, 3.05) is 54.1 Å². The second kappa shape index (κ2) is 26.8. The number of thiophene rings is 2. The van der Waals surface area contributed by atoms with Crippen LogP contribution in [0.5, 0.6) is 0 Å². The molecule has 0 radical (unpaired) electrons. The molecule has 3 aliphatic heterocycles. The van der Waals surface area contributed by atoms with Crippen molar-refractivity contribution in [1.29, 1.82) is 0 Å². The molecule has 1 saturated heterocycles. The quantitative estimate of drug-likeness (QED) is 0.0468. The molecule has 8 aromatic rings. The molecule has 0 unspecified atom stereocenters. The van der Waals surface area contributed by atoms with E-state index in [0.717, 1.165) is 86.3 Å². The van der Waals surface area contributed by atoms with Crippen LogP contribution in [0.25, 0.3) is 20.9 Å². The zero-order chi connectivity index (χ0) is 54.3. The first-order valence-corrected chi connectivity index (χ1v) is 28.4.